The first kappa shape index (κ1) is 21.7. The summed E-state index contributed by atoms with van der Waals surface area (Å²) in [6, 6.07) is 10.3. The molecule has 0 aliphatic heterocycles. The second-order valence-corrected chi connectivity index (χ2v) is 5.51. The zero-order chi connectivity index (χ0) is 16.4. The lowest BCUT2D eigenvalue weighted by Crippen LogP contribution is -2.40. The van der Waals surface area contributed by atoms with Crippen LogP contribution >= 0.6 is 24.0 Å². The molecule has 1 amide bonds. The molecule has 2 N–H and O–H groups in total. The topological polar surface area (TPSA) is 56.7 Å². The maximum atomic E-state index is 11.7. The highest BCUT2D eigenvalue weighted by Gasteiger charge is 2.09. The van der Waals surface area contributed by atoms with Crippen LogP contribution in [0.2, 0.25) is 0 Å². The van der Waals surface area contributed by atoms with Crippen LogP contribution in [-0.2, 0) is 4.79 Å². The average Bonchev–Trinajstić information content (AvgIpc) is 2.52. The number of hydrogen-bond acceptors (Lipinski definition) is 2. The summed E-state index contributed by atoms with van der Waals surface area (Å²) in [5.74, 6) is 0.670. The number of likely N-dealkylation sites (N-methyl/N-ethyl adjacent to an activating group) is 1. The Balaban J connectivity index is 0.00000484. The fourth-order valence-electron chi connectivity index (χ4n) is 1.85. The van der Waals surface area contributed by atoms with Crippen LogP contribution in [0, 0.1) is 0 Å². The van der Waals surface area contributed by atoms with Gasteiger partial charge in [-0.05, 0) is 18.9 Å². The van der Waals surface area contributed by atoms with Crippen molar-refractivity contribution in [1.29, 1.82) is 0 Å². The summed E-state index contributed by atoms with van der Waals surface area (Å²) >= 11 is 0. The zero-order valence-corrected chi connectivity index (χ0v) is 16.8. The molecule has 0 aliphatic carbocycles. The minimum absolute atomic E-state index is 0. The predicted octanol–water partition coefficient (Wildman–Crippen LogP) is 2.79. The molecule has 1 unspecified atom stereocenters. The van der Waals surface area contributed by atoms with Crippen molar-refractivity contribution in [3.8, 4) is 0 Å². The summed E-state index contributed by atoms with van der Waals surface area (Å²) in [5, 5.41) is 6.64. The van der Waals surface area contributed by atoms with Gasteiger partial charge in [0, 0.05) is 20.6 Å². The molecule has 1 aromatic carbocycles. The van der Waals surface area contributed by atoms with E-state index < -0.39 is 0 Å². The Kier molecular flexibility index (Phi) is 11.5. The van der Waals surface area contributed by atoms with Gasteiger partial charge in [0.15, 0.2) is 5.96 Å². The third-order valence-electron chi connectivity index (χ3n) is 3.35. The summed E-state index contributed by atoms with van der Waals surface area (Å²) in [4.78, 5) is 17.6. The summed E-state index contributed by atoms with van der Waals surface area (Å²) in [5.41, 5.74) is 1.19. The van der Waals surface area contributed by atoms with Crippen molar-refractivity contribution in [3.05, 3.63) is 35.9 Å². The Hall–Kier alpha value is -1.31. The van der Waals surface area contributed by atoms with E-state index in [0.29, 0.717) is 5.96 Å². The summed E-state index contributed by atoms with van der Waals surface area (Å²) in [6.07, 6.45) is 2.19. The lowest BCUT2D eigenvalue weighted by Gasteiger charge is -2.19. The van der Waals surface area contributed by atoms with Crippen molar-refractivity contribution in [2.75, 3.05) is 27.2 Å². The molecule has 0 aliphatic rings. The molecule has 6 heteroatoms. The van der Waals surface area contributed by atoms with Gasteiger partial charge >= 0.3 is 0 Å². The Bertz CT molecular complexity index is 477. The molecule has 0 radical (unpaired) electrons. The summed E-state index contributed by atoms with van der Waals surface area (Å²) < 4.78 is 0. The van der Waals surface area contributed by atoms with Crippen LogP contribution in [0.4, 0.5) is 0 Å². The molecule has 0 saturated heterocycles. The highest BCUT2D eigenvalue weighted by Crippen LogP contribution is 2.10. The molecular weight excluding hydrogens is 403 g/mol. The number of aliphatic imine (C=N–C) groups is 1. The van der Waals surface area contributed by atoms with Crippen molar-refractivity contribution in [3.63, 3.8) is 0 Å². The van der Waals surface area contributed by atoms with E-state index in [0.717, 1.165) is 19.4 Å². The van der Waals surface area contributed by atoms with Gasteiger partial charge in [-0.25, -0.2) is 4.99 Å². The molecule has 0 spiro atoms. The van der Waals surface area contributed by atoms with Crippen LogP contribution in [0.25, 0.3) is 0 Å². The second kappa shape index (κ2) is 12.2. The van der Waals surface area contributed by atoms with Crippen molar-refractivity contribution in [1.82, 2.24) is 15.5 Å². The maximum absolute atomic E-state index is 11.7. The fourth-order valence-corrected chi connectivity index (χ4v) is 1.85. The number of guanidine groups is 1. The quantitative estimate of drug-likeness (QED) is 0.302. The molecule has 1 rings (SSSR count). The van der Waals surface area contributed by atoms with Gasteiger partial charge in [0.1, 0.15) is 6.54 Å². The largest absolute Gasteiger partial charge is 0.356 e. The Morgan fingerprint density at radius 3 is 2.48 bits per heavy atom. The maximum Gasteiger partial charge on any atom is 0.243 e. The molecule has 1 aromatic rings. The molecule has 0 fully saturated rings. The van der Waals surface area contributed by atoms with E-state index in [1.165, 1.54) is 5.56 Å². The average molecular weight is 432 g/mol. The Morgan fingerprint density at radius 1 is 1.26 bits per heavy atom. The first-order valence-corrected chi connectivity index (χ1v) is 7.84. The number of nitrogens with zero attached hydrogens (tertiary/aromatic N) is 2. The lowest BCUT2D eigenvalue weighted by molar-refractivity contribution is -0.127. The number of amides is 1. The van der Waals surface area contributed by atoms with Gasteiger partial charge < -0.3 is 15.5 Å². The molecule has 0 aromatic heterocycles. The summed E-state index contributed by atoms with van der Waals surface area (Å²) in [6.45, 7) is 5.23. The summed E-state index contributed by atoms with van der Waals surface area (Å²) in [7, 11) is 3.48. The van der Waals surface area contributed by atoms with Gasteiger partial charge in [0.05, 0.1) is 6.04 Å². The van der Waals surface area contributed by atoms with Crippen molar-refractivity contribution in [2.45, 2.75) is 32.7 Å². The van der Waals surface area contributed by atoms with E-state index in [4.69, 9.17) is 0 Å². The number of rotatable bonds is 7. The van der Waals surface area contributed by atoms with Gasteiger partial charge in [-0.3, -0.25) is 4.79 Å². The van der Waals surface area contributed by atoms with E-state index >= 15 is 0 Å². The highest BCUT2D eigenvalue weighted by molar-refractivity contribution is 14.0. The van der Waals surface area contributed by atoms with Gasteiger partial charge in [0.25, 0.3) is 0 Å². The Morgan fingerprint density at radius 2 is 1.91 bits per heavy atom. The number of hydrogen-bond donors (Lipinski definition) is 2. The lowest BCUT2D eigenvalue weighted by atomic mass is 10.1. The number of unbranched alkanes of at least 4 members (excludes halogenated alkanes) is 1. The molecule has 0 bridgehead atoms. The highest BCUT2D eigenvalue weighted by atomic mass is 127. The minimum atomic E-state index is -0.0102. The normalized spacial score (nSPS) is 12.1. The first-order chi connectivity index (χ1) is 10.5. The van der Waals surface area contributed by atoms with Crippen LogP contribution in [0.15, 0.2) is 35.3 Å². The first-order valence-electron chi connectivity index (χ1n) is 7.84. The molecule has 5 nitrogen and oxygen atoms in total. The minimum Gasteiger partial charge on any atom is -0.356 e. The number of nitrogens with one attached hydrogen (secondary N) is 2. The van der Waals surface area contributed by atoms with E-state index in [1.54, 1.807) is 19.0 Å². The van der Waals surface area contributed by atoms with E-state index in [-0.39, 0.29) is 42.5 Å². The van der Waals surface area contributed by atoms with E-state index in [2.05, 4.69) is 41.6 Å². The predicted molar refractivity (Wildman–Crippen MR) is 107 cm³/mol. The molecular formula is C17H29IN4O. The standard InChI is InChI=1S/C17H28N4O.HI/c1-5-6-12-18-17(19-13-16(22)21(3)4)20-14(2)15-10-8-7-9-11-15;/h7-11,14H,5-6,12-13H2,1-4H3,(H2,18,19,20);1H. The molecule has 23 heavy (non-hydrogen) atoms. The molecule has 0 saturated carbocycles. The Labute approximate surface area is 157 Å². The van der Waals surface area contributed by atoms with Crippen molar-refractivity contribution < 1.29 is 4.79 Å². The number of benzene rings is 1. The zero-order valence-electron chi connectivity index (χ0n) is 14.5. The van der Waals surface area contributed by atoms with Gasteiger partial charge in [-0.15, -0.1) is 24.0 Å². The van der Waals surface area contributed by atoms with Crippen LogP contribution < -0.4 is 10.6 Å². The number of halogens is 1. The van der Waals surface area contributed by atoms with Crippen molar-refractivity contribution in [2.24, 2.45) is 4.99 Å². The van der Waals surface area contributed by atoms with Crippen LogP contribution in [0.3, 0.4) is 0 Å². The van der Waals surface area contributed by atoms with Gasteiger partial charge in [0.2, 0.25) is 5.91 Å². The fraction of sp³-hybridized carbons (Fsp3) is 0.529. The van der Waals surface area contributed by atoms with Crippen LogP contribution in [0.1, 0.15) is 38.3 Å². The monoisotopic (exact) mass is 432 g/mol. The molecule has 1 atom stereocenters. The molecule has 0 heterocycles. The van der Waals surface area contributed by atoms with E-state index in [9.17, 15) is 4.79 Å². The third kappa shape index (κ3) is 8.78. The smallest absolute Gasteiger partial charge is 0.243 e. The van der Waals surface area contributed by atoms with Crippen molar-refractivity contribution >= 4 is 35.8 Å². The second-order valence-electron chi connectivity index (χ2n) is 5.51. The SMILES string of the molecule is CCCCNC(=NCC(=O)N(C)C)NC(C)c1ccccc1.I. The molecule has 130 valence electrons. The van der Waals surface area contributed by atoms with Gasteiger partial charge in [-0.2, -0.15) is 0 Å². The van der Waals surface area contributed by atoms with Gasteiger partial charge in [-0.1, -0.05) is 43.7 Å². The van der Waals surface area contributed by atoms with E-state index in [1.807, 2.05) is 18.2 Å². The number of carbonyl (C=O) groups is 1. The van der Waals surface area contributed by atoms with Crippen LogP contribution in [-0.4, -0.2) is 44.0 Å². The third-order valence-corrected chi connectivity index (χ3v) is 3.35. The number of carbonyl (C=O) groups excluding carboxylic acids is 1. The van der Waals surface area contributed by atoms with Crippen LogP contribution in [0.5, 0.6) is 0 Å².